The van der Waals surface area contributed by atoms with Gasteiger partial charge < -0.3 is 4.90 Å². The lowest BCUT2D eigenvalue weighted by atomic mass is 9.73. The van der Waals surface area contributed by atoms with Crippen molar-refractivity contribution >= 4 is 11.4 Å². The lowest BCUT2D eigenvalue weighted by Crippen LogP contribution is -2.43. The molecular formula is C22H29N. The maximum Gasteiger partial charge on any atom is 0.0413 e. The summed E-state index contributed by atoms with van der Waals surface area (Å²) >= 11 is 0. The Bertz CT molecular complexity index is 550. The molecule has 3 atom stereocenters. The Labute approximate surface area is 141 Å². The third-order valence-electron chi connectivity index (χ3n) is 5.39. The predicted molar refractivity (Wildman–Crippen MR) is 100 cm³/mol. The molecule has 1 fully saturated rings. The zero-order valence-electron chi connectivity index (χ0n) is 14.7. The van der Waals surface area contributed by atoms with Crippen molar-refractivity contribution in [3.63, 3.8) is 0 Å². The molecule has 1 heteroatoms. The minimum Gasteiger partial charge on any atom is -0.338 e. The number of hydrogen-bond donors (Lipinski definition) is 0. The van der Waals surface area contributed by atoms with Crippen molar-refractivity contribution in [2.24, 2.45) is 17.8 Å². The highest BCUT2D eigenvalue weighted by Gasteiger charge is 2.35. The minimum atomic E-state index is 0.587. The summed E-state index contributed by atoms with van der Waals surface area (Å²) in [4.78, 5) is 2.60. The lowest BCUT2D eigenvalue weighted by molar-refractivity contribution is 0.198. The van der Waals surface area contributed by atoms with Crippen molar-refractivity contribution in [1.82, 2.24) is 0 Å². The zero-order valence-corrected chi connectivity index (χ0v) is 14.7. The van der Waals surface area contributed by atoms with Gasteiger partial charge in [-0.05, 0) is 54.9 Å². The molecule has 2 aromatic carbocycles. The van der Waals surface area contributed by atoms with Gasteiger partial charge in [0.15, 0.2) is 0 Å². The molecule has 1 saturated carbocycles. The standard InChI is InChI=1S/C22H29N/c1-17(2)21-15-14-18(3)16-22(21)23(19-10-6-4-7-11-19)20-12-8-5-9-13-20/h4-13,17-18,21-22H,14-16H2,1-3H3. The van der Waals surface area contributed by atoms with Gasteiger partial charge in [0.05, 0.1) is 0 Å². The summed E-state index contributed by atoms with van der Waals surface area (Å²) in [6.07, 6.45) is 4.00. The van der Waals surface area contributed by atoms with Crippen LogP contribution < -0.4 is 4.90 Å². The Kier molecular flexibility index (Phi) is 5.05. The van der Waals surface area contributed by atoms with Gasteiger partial charge in [-0.2, -0.15) is 0 Å². The number of rotatable bonds is 4. The van der Waals surface area contributed by atoms with E-state index in [1.807, 2.05) is 0 Å². The van der Waals surface area contributed by atoms with Gasteiger partial charge in [-0.15, -0.1) is 0 Å². The molecule has 3 unspecified atom stereocenters. The molecule has 1 aliphatic rings. The quantitative estimate of drug-likeness (QED) is 0.642. The van der Waals surface area contributed by atoms with E-state index in [2.05, 4.69) is 86.3 Å². The van der Waals surface area contributed by atoms with Crippen LogP contribution in [0, 0.1) is 17.8 Å². The smallest absolute Gasteiger partial charge is 0.0413 e. The second kappa shape index (κ2) is 7.21. The lowest BCUT2D eigenvalue weighted by Gasteiger charge is -2.45. The van der Waals surface area contributed by atoms with Gasteiger partial charge in [-0.25, -0.2) is 0 Å². The van der Waals surface area contributed by atoms with Crippen LogP contribution in [0.1, 0.15) is 40.0 Å². The van der Waals surface area contributed by atoms with E-state index in [-0.39, 0.29) is 0 Å². The largest absolute Gasteiger partial charge is 0.338 e. The fourth-order valence-corrected chi connectivity index (χ4v) is 4.16. The van der Waals surface area contributed by atoms with Crippen molar-refractivity contribution in [2.45, 2.75) is 46.1 Å². The first-order chi connectivity index (χ1) is 11.2. The molecule has 0 saturated heterocycles. The van der Waals surface area contributed by atoms with E-state index in [1.165, 1.54) is 30.6 Å². The molecule has 2 aromatic rings. The summed E-state index contributed by atoms with van der Waals surface area (Å²) in [5.74, 6) is 2.29. The van der Waals surface area contributed by atoms with Crippen LogP contribution in [0.3, 0.4) is 0 Å². The first-order valence-electron chi connectivity index (χ1n) is 9.06. The van der Waals surface area contributed by atoms with Crippen LogP contribution in [0.15, 0.2) is 60.7 Å². The molecule has 23 heavy (non-hydrogen) atoms. The van der Waals surface area contributed by atoms with Gasteiger partial charge in [-0.3, -0.25) is 0 Å². The van der Waals surface area contributed by atoms with Crippen LogP contribution in [0.4, 0.5) is 11.4 Å². The molecule has 0 N–H and O–H groups in total. The summed E-state index contributed by atoms with van der Waals surface area (Å²) in [6.45, 7) is 7.20. The second-order valence-corrected chi connectivity index (χ2v) is 7.43. The zero-order chi connectivity index (χ0) is 16.2. The van der Waals surface area contributed by atoms with Gasteiger partial charge in [-0.1, -0.05) is 63.6 Å². The Balaban J connectivity index is 2.03. The topological polar surface area (TPSA) is 3.24 Å². The highest BCUT2D eigenvalue weighted by atomic mass is 15.2. The first-order valence-corrected chi connectivity index (χ1v) is 9.06. The molecule has 122 valence electrons. The number of para-hydroxylation sites is 2. The highest BCUT2D eigenvalue weighted by molar-refractivity contribution is 5.64. The number of anilines is 2. The van der Waals surface area contributed by atoms with Crippen LogP contribution in [0.2, 0.25) is 0 Å². The molecule has 0 bridgehead atoms. The van der Waals surface area contributed by atoms with E-state index in [1.54, 1.807) is 0 Å². The normalized spacial score (nSPS) is 24.6. The van der Waals surface area contributed by atoms with Crippen LogP contribution in [-0.2, 0) is 0 Å². The Morgan fingerprint density at radius 2 is 1.35 bits per heavy atom. The van der Waals surface area contributed by atoms with Crippen LogP contribution >= 0.6 is 0 Å². The van der Waals surface area contributed by atoms with Crippen LogP contribution in [0.25, 0.3) is 0 Å². The van der Waals surface area contributed by atoms with Gasteiger partial charge in [0.2, 0.25) is 0 Å². The minimum absolute atomic E-state index is 0.587. The molecule has 3 rings (SSSR count). The van der Waals surface area contributed by atoms with Gasteiger partial charge >= 0.3 is 0 Å². The van der Waals surface area contributed by atoms with Gasteiger partial charge in [0, 0.05) is 17.4 Å². The predicted octanol–water partition coefficient (Wildman–Crippen LogP) is 6.29. The summed E-state index contributed by atoms with van der Waals surface area (Å²) in [6, 6.07) is 22.4. The summed E-state index contributed by atoms with van der Waals surface area (Å²) in [7, 11) is 0. The van der Waals surface area contributed by atoms with E-state index in [9.17, 15) is 0 Å². The second-order valence-electron chi connectivity index (χ2n) is 7.43. The maximum atomic E-state index is 2.60. The highest BCUT2D eigenvalue weighted by Crippen LogP contribution is 2.41. The molecule has 0 amide bonds. The summed E-state index contributed by atoms with van der Waals surface area (Å²) in [5, 5.41) is 0. The maximum absolute atomic E-state index is 2.60. The summed E-state index contributed by atoms with van der Waals surface area (Å²) in [5.41, 5.74) is 2.65. The van der Waals surface area contributed by atoms with E-state index >= 15 is 0 Å². The molecule has 0 spiro atoms. The Morgan fingerprint density at radius 1 is 0.826 bits per heavy atom. The van der Waals surface area contributed by atoms with Crippen molar-refractivity contribution in [3.05, 3.63) is 60.7 Å². The van der Waals surface area contributed by atoms with Crippen molar-refractivity contribution in [1.29, 1.82) is 0 Å². The van der Waals surface area contributed by atoms with Crippen molar-refractivity contribution in [2.75, 3.05) is 4.90 Å². The first kappa shape index (κ1) is 16.1. The van der Waals surface area contributed by atoms with E-state index in [0.717, 1.165) is 17.8 Å². The van der Waals surface area contributed by atoms with E-state index < -0.39 is 0 Å². The monoisotopic (exact) mass is 307 g/mol. The molecule has 0 aromatic heterocycles. The number of benzene rings is 2. The molecule has 1 nitrogen and oxygen atoms in total. The van der Waals surface area contributed by atoms with E-state index in [4.69, 9.17) is 0 Å². The van der Waals surface area contributed by atoms with Gasteiger partial charge in [0.25, 0.3) is 0 Å². The molecule has 0 radical (unpaired) electrons. The SMILES string of the molecule is CC1CCC(C(C)C)C(N(c2ccccc2)c2ccccc2)C1. The van der Waals surface area contributed by atoms with Crippen LogP contribution in [0.5, 0.6) is 0 Å². The molecule has 0 heterocycles. The van der Waals surface area contributed by atoms with Crippen molar-refractivity contribution in [3.8, 4) is 0 Å². The summed E-state index contributed by atoms with van der Waals surface area (Å²) < 4.78 is 0. The van der Waals surface area contributed by atoms with Crippen molar-refractivity contribution < 1.29 is 0 Å². The Hall–Kier alpha value is -1.76. The van der Waals surface area contributed by atoms with Gasteiger partial charge in [0.1, 0.15) is 0 Å². The average Bonchev–Trinajstić information content (AvgIpc) is 2.57. The van der Waals surface area contributed by atoms with Crippen LogP contribution in [-0.4, -0.2) is 6.04 Å². The average molecular weight is 307 g/mol. The fourth-order valence-electron chi connectivity index (χ4n) is 4.16. The number of hydrogen-bond acceptors (Lipinski definition) is 1. The third kappa shape index (κ3) is 3.60. The third-order valence-corrected chi connectivity index (χ3v) is 5.39. The van der Waals surface area contributed by atoms with E-state index in [0.29, 0.717) is 6.04 Å². The molecule has 0 aliphatic heterocycles. The Morgan fingerprint density at radius 3 is 1.83 bits per heavy atom. The number of nitrogens with zero attached hydrogens (tertiary/aromatic N) is 1. The molecule has 1 aliphatic carbocycles. The fraction of sp³-hybridized carbons (Fsp3) is 0.455. The molecular weight excluding hydrogens is 278 g/mol.